The topological polar surface area (TPSA) is 46.3 Å². The molecular weight excluding hydrogens is 550 g/mol. The molecule has 3 aromatic heterocycles. The number of anilines is 1. The number of fused-ring (bicyclic) bond motifs is 7. The minimum atomic E-state index is 0.400. The van der Waals surface area contributed by atoms with Crippen LogP contribution in [0.4, 0.5) is 5.69 Å². The predicted octanol–water partition coefficient (Wildman–Crippen LogP) is 9.42. The van der Waals surface area contributed by atoms with E-state index in [1.807, 2.05) is 30.9 Å². The van der Waals surface area contributed by atoms with Gasteiger partial charge in [-0.25, -0.2) is 0 Å². The maximum atomic E-state index is 5.33. The van der Waals surface area contributed by atoms with Crippen LogP contribution in [0.3, 0.4) is 0 Å². The number of hydrogen-bond donors (Lipinski definition) is 0. The summed E-state index contributed by atoms with van der Waals surface area (Å²) in [6, 6.07) is 33.0. The smallest absolute Gasteiger partial charge is 0.140 e. The van der Waals surface area contributed by atoms with E-state index in [2.05, 4.69) is 106 Å². The largest absolute Gasteiger partial charge is 0.307 e. The quantitative estimate of drug-likeness (QED) is 0.204. The zero-order chi connectivity index (χ0) is 29.9. The standard InChI is InChI=1S/C40H33N5/c1-26-22-43-40(31-13-3-2-12-30(26)31)45-36-18-8-5-15-33(36)38-32-14-4-7-17-35(32)44(39(38)34-16-6-9-19-37(34)45)29-21-28(24-42-25-29)27-11-10-20-41-23-27/h2-4,6-7,9-14,16-17,19-21,23-26H,5,8,15,18,22H2,1H3. The molecule has 6 aromatic rings. The third-order valence-electron chi connectivity index (χ3n) is 9.72. The van der Waals surface area contributed by atoms with Gasteiger partial charge in [0.1, 0.15) is 5.84 Å². The minimum absolute atomic E-state index is 0.400. The van der Waals surface area contributed by atoms with E-state index in [9.17, 15) is 0 Å². The number of nitrogens with zero attached hydrogens (tertiary/aromatic N) is 5. The summed E-state index contributed by atoms with van der Waals surface area (Å²) in [6.45, 7) is 3.09. The molecule has 3 aromatic carbocycles. The van der Waals surface area contributed by atoms with Gasteiger partial charge in [-0.05, 0) is 61.1 Å². The SMILES string of the molecule is CC1CN=C(N2C3=C(CCCC3)c3c(n(-c4cncc(-c5cccnc5)c4)c4ccccc34)-c3ccccc32)c2ccccc21. The zero-order valence-electron chi connectivity index (χ0n) is 25.3. The number of benzene rings is 3. The summed E-state index contributed by atoms with van der Waals surface area (Å²) in [5.74, 6) is 1.48. The van der Waals surface area contributed by atoms with Gasteiger partial charge in [-0.15, -0.1) is 0 Å². The van der Waals surface area contributed by atoms with Gasteiger partial charge < -0.3 is 4.57 Å². The molecule has 2 aliphatic heterocycles. The fraction of sp³-hybridized carbons (Fsp3) is 0.175. The van der Waals surface area contributed by atoms with Crippen LogP contribution in [0.2, 0.25) is 0 Å². The highest BCUT2D eigenvalue weighted by atomic mass is 15.2. The van der Waals surface area contributed by atoms with Crippen molar-refractivity contribution < 1.29 is 0 Å². The minimum Gasteiger partial charge on any atom is -0.307 e. The van der Waals surface area contributed by atoms with Crippen molar-refractivity contribution in [2.45, 2.75) is 38.5 Å². The van der Waals surface area contributed by atoms with Gasteiger partial charge in [-0.2, -0.15) is 0 Å². The van der Waals surface area contributed by atoms with Crippen LogP contribution < -0.4 is 4.90 Å². The Morgan fingerprint density at radius 3 is 2.44 bits per heavy atom. The molecule has 5 heteroatoms. The molecule has 5 nitrogen and oxygen atoms in total. The Morgan fingerprint density at radius 2 is 1.53 bits per heavy atom. The van der Waals surface area contributed by atoms with Crippen LogP contribution in [0.1, 0.15) is 55.2 Å². The van der Waals surface area contributed by atoms with Crippen LogP contribution in [0.15, 0.2) is 126 Å². The fourth-order valence-electron chi connectivity index (χ4n) is 7.70. The lowest BCUT2D eigenvalue weighted by Crippen LogP contribution is -2.35. The number of rotatable bonds is 2. The molecule has 0 spiro atoms. The van der Waals surface area contributed by atoms with Crippen molar-refractivity contribution >= 4 is 28.0 Å². The number of allylic oxidation sites excluding steroid dienone is 2. The Hall–Kier alpha value is -5.29. The summed E-state index contributed by atoms with van der Waals surface area (Å²) in [6.07, 6.45) is 12.1. The van der Waals surface area contributed by atoms with Crippen molar-refractivity contribution in [3.8, 4) is 28.1 Å². The highest BCUT2D eigenvalue weighted by Crippen LogP contribution is 2.52. The molecule has 1 unspecified atom stereocenters. The highest BCUT2D eigenvalue weighted by Gasteiger charge is 2.36. The molecule has 9 rings (SSSR count). The van der Waals surface area contributed by atoms with Gasteiger partial charge in [-0.1, -0.05) is 73.7 Å². The van der Waals surface area contributed by atoms with E-state index < -0.39 is 0 Å². The third-order valence-corrected chi connectivity index (χ3v) is 9.72. The first-order chi connectivity index (χ1) is 22.3. The monoisotopic (exact) mass is 583 g/mol. The van der Waals surface area contributed by atoms with Crippen LogP contribution in [0, 0.1) is 0 Å². The van der Waals surface area contributed by atoms with Crippen molar-refractivity contribution in [3.63, 3.8) is 0 Å². The summed E-state index contributed by atoms with van der Waals surface area (Å²) in [5, 5.41) is 1.28. The van der Waals surface area contributed by atoms with E-state index in [1.165, 1.54) is 68.6 Å². The van der Waals surface area contributed by atoms with Gasteiger partial charge >= 0.3 is 0 Å². The van der Waals surface area contributed by atoms with Crippen molar-refractivity contribution in [2.75, 3.05) is 11.4 Å². The normalized spacial score (nSPS) is 17.2. The Kier molecular flexibility index (Phi) is 6.05. The molecule has 1 aliphatic carbocycles. The molecule has 0 fully saturated rings. The second-order valence-corrected chi connectivity index (χ2v) is 12.4. The van der Waals surface area contributed by atoms with Crippen LogP contribution in [-0.4, -0.2) is 26.9 Å². The van der Waals surface area contributed by atoms with Crippen LogP contribution in [0.5, 0.6) is 0 Å². The molecule has 0 radical (unpaired) electrons. The molecular formula is C40H33N5. The van der Waals surface area contributed by atoms with Gasteiger partial charge in [0.25, 0.3) is 0 Å². The van der Waals surface area contributed by atoms with Crippen molar-refractivity contribution in [2.24, 2.45) is 4.99 Å². The van der Waals surface area contributed by atoms with Crippen molar-refractivity contribution in [1.29, 1.82) is 0 Å². The molecule has 3 aliphatic rings. The first kappa shape index (κ1) is 26.1. The van der Waals surface area contributed by atoms with E-state index in [0.717, 1.165) is 42.0 Å². The van der Waals surface area contributed by atoms with Crippen molar-refractivity contribution in [3.05, 3.63) is 138 Å². The molecule has 0 saturated carbocycles. The molecule has 45 heavy (non-hydrogen) atoms. The van der Waals surface area contributed by atoms with Gasteiger partial charge in [0.15, 0.2) is 0 Å². The molecule has 0 saturated heterocycles. The third kappa shape index (κ3) is 4.03. The Bertz CT molecular complexity index is 2170. The Balaban J connectivity index is 1.36. The summed E-state index contributed by atoms with van der Waals surface area (Å²) in [7, 11) is 0. The first-order valence-electron chi connectivity index (χ1n) is 16.0. The second-order valence-electron chi connectivity index (χ2n) is 12.4. The van der Waals surface area contributed by atoms with Gasteiger partial charge in [-0.3, -0.25) is 19.9 Å². The van der Waals surface area contributed by atoms with E-state index in [-0.39, 0.29) is 0 Å². The lowest BCUT2D eigenvalue weighted by Gasteiger charge is -2.35. The number of pyridine rings is 2. The maximum Gasteiger partial charge on any atom is 0.140 e. The number of para-hydroxylation sites is 2. The second kappa shape index (κ2) is 10.4. The molecule has 5 heterocycles. The maximum absolute atomic E-state index is 5.33. The molecule has 0 amide bonds. The number of amidine groups is 1. The van der Waals surface area contributed by atoms with Gasteiger partial charge in [0.2, 0.25) is 0 Å². The zero-order valence-corrected chi connectivity index (χ0v) is 25.3. The highest BCUT2D eigenvalue weighted by molar-refractivity contribution is 6.18. The summed E-state index contributed by atoms with van der Waals surface area (Å²) < 4.78 is 2.44. The summed E-state index contributed by atoms with van der Waals surface area (Å²) in [5.41, 5.74) is 14.8. The number of aliphatic imine (C=N–C) groups is 1. The van der Waals surface area contributed by atoms with E-state index >= 15 is 0 Å². The van der Waals surface area contributed by atoms with Crippen molar-refractivity contribution in [1.82, 2.24) is 14.5 Å². The average molecular weight is 584 g/mol. The van der Waals surface area contributed by atoms with Crippen LogP contribution in [0.25, 0.3) is 44.5 Å². The summed E-state index contributed by atoms with van der Waals surface area (Å²) >= 11 is 0. The van der Waals surface area contributed by atoms with E-state index in [0.29, 0.717) is 5.92 Å². The predicted molar refractivity (Wildman–Crippen MR) is 184 cm³/mol. The molecule has 218 valence electrons. The molecule has 1 atom stereocenters. The Labute approximate surface area is 263 Å². The molecule has 0 bridgehead atoms. The van der Waals surface area contributed by atoms with E-state index in [1.54, 1.807) is 0 Å². The Morgan fingerprint density at radius 1 is 0.733 bits per heavy atom. The number of aromatic nitrogens is 3. The average Bonchev–Trinajstić information content (AvgIpc) is 3.39. The lowest BCUT2D eigenvalue weighted by molar-refractivity contribution is 0.704. The number of hydrogen-bond acceptors (Lipinski definition) is 4. The first-order valence-corrected chi connectivity index (χ1v) is 16.0. The fourth-order valence-corrected chi connectivity index (χ4v) is 7.70. The summed E-state index contributed by atoms with van der Waals surface area (Å²) in [4.78, 5) is 17.0. The van der Waals surface area contributed by atoms with Crippen LogP contribution in [-0.2, 0) is 0 Å². The lowest BCUT2D eigenvalue weighted by atomic mass is 9.88. The molecule has 0 N–H and O–H groups in total. The van der Waals surface area contributed by atoms with Gasteiger partial charge in [0.05, 0.1) is 28.8 Å². The van der Waals surface area contributed by atoms with E-state index in [4.69, 9.17) is 9.98 Å². The van der Waals surface area contributed by atoms with Crippen LogP contribution >= 0.6 is 0 Å². The van der Waals surface area contributed by atoms with Gasteiger partial charge in [0, 0.05) is 70.0 Å².